The van der Waals surface area contributed by atoms with Crippen molar-refractivity contribution < 1.29 is 18.8 Å². The third kappa shape index (κ3) is 4.79. The summed E-state index contributed by atoms with van der Waals surface area (Å²) in [6, 6.07) is 14.2. The van der Waals surface area contributed by atoms with Gasteiger partial charge in [0, 0.05) is 29.9 Å². The fraction of sp³-hybridized carbons (Fsp3) is 0.276. The maximum atomic E-state index is 14.3. The van der Waals surface area contributed by atoms with Crippen molar-refractivity contribution in [1.82, 2.24) is 9.88 Å². The highest BCUT2D eigenvalue weighted by atomic mass is 19.1. The number of nitrogens with two attached hydrogens (primary N) is 1. The van der Waals surface area contributed by atoms with Gasteiger partial charge in [-0.2, -0.15) is 0 Å². The van der Waals surface area contributed by atoms with Gasteiger partial charge in [-0.25, -0.2) is 4.39 Å². The molecule has 2 heterocycles. The van der Waals surface area contributed by atoms with Gasteiger partial charge in [0.25, 0.3) is 11.8 Å². The van der Waals surface area contributed by atoms with E-state index < -0.39 is 11.6 Å². The van der Waals surface area contributed by atoms with Gasteiger partial charge in [-0.1, -0.05) is 30.8 Å². The van der Waals surface area contributed by atoms with Crippen LogP contribution in [0.2, 0.25) is 0 Å². The van der Waals surface area contributed by atoms with Gasteiger partial charge in [-0.3, -0.25) is 14.4 Å². The number of halogens is 1. The van der Waals surface area contributed by atoms with Crippen LogP contribution in [0.1, 0.15) is 46.4 Å². The molecule has 5 N–H and O–H groups in total. The monoisotopic (exact) mass is 515 g/mol. The number of anilines is 2. The van der Waals surface area contributed by atoms with E-state index in [1.807, 2.05) is 12.1 Å². The van der Waals surface area contributed by atoms with Crippen LogP contribution in [0.15, 0.2) is 61.2 Å². The minimum atomic E-state index is -1.30. The highest BCUT2D eigenvalue weighted by Crippen LogP contribution is 2.43. The van der Waals surface area contributed by atoms with Gasteiger partial charge in [0.05, 0.1) is 17.8 Å². The van der Waals surface area contributed by atoms with Gasteiger partial charge in [0.2, 0.25) is 5.91 Å². The number of hydrogen-bond acceptors (Lipinski definition) is 4. The van der Waals surface area contributed by atoms with Gasteiger partial charge < -0.3 is 26.3 Å². The summed E-state index contributed by atoms with van der Waals surface area (Å²) in [7, 11) is 0. The van der Waals surface area contributed by atoms with E-state index in [2.05, 4.69) is 27.1 Å². The highest BCUT2D eigenvalue weighted by Gasteiger charge is 2.37. The Morgan fingerprint density at radius 2 is 1.74 bits per heavy atom. The van der Waals surface area contributed by atoms with Crippen molar-refractivity contribution in [2.45, 2.75) is 37.9 Å². The van der Waals surface area contributed by atoms with Gasteiger partial charge in [-0.05, 0) is 67.2 Å². The molecule has 38 heavy (non-hydrogen) atoms. The first-order valence-corrected chi connectivity index (χ1v) is 12.7. The maximum Gasteiger partial charge on any atom is 0.253 e. The van der Waals surface area contributed by atoms with Crippen LogP contribution in [0.5, 0.6) is 0 Å². The zero-order chi connectivity index (χ0) is 26.9. The van der Waals surface area contributed by atoms with Crippen LogP contribution in [0, 0.1) is 0 Å². The number of carbonyl (C=O) groups is 3. The number of amides is 3. The topological polar surface area (TPSA) is 118 Å². The van der Waals surface area contributed by atoms with E-state index >= 15 is 0 Å². The molecule has 3 aromatic rings. The molecule has 5 rings (SSSR count). The lowest BCUT2D eigenvalue weighted by Crippen LogP contribution is -2.44. The van der Waals surface area contributed by atoms with E-state index in [4.69, 9.17) is 5.73 Å². The molecular formula is C29H30FN5O3. The van der Waals surface area contributed by atoms with Gasteiger partial charge in [0.15, 0.2) is 0 Å². The largest absolute Gasteiger partial charge is 0.371 e. The van der Waals surface area contributed by atoms with Crippen LogP contribution in [0.3, 0.4) is 0 Å². The lowest BCUT2D eigenvalue weighted by Gasteiger charge is -2.33. The molecule has 8 nitrogen and oxygen atoms in total. The summed E-state index contributed by atoms with van der Waals surface area (Å²) in [6.45, 7) is 4.88. The van der Waals surface area contributed by atoms with E-state index in [0.29, 0.717) is 54.1 Å². The van der Waals surface area contributed by atoms with Gasteiger partial charge >= 0.3 is 0 Å². The number of hydrogen-bond donors (Lipinski definition) is 4. The zero-order valence-corrected chi connectivity index (χ0v) is 21.0. The molecule has 1 aliphatic heterocycles. The number of primary amides is 1. The number of aromatic nitrogens is 1. The quantitative estimate of drug-likeness (QED) is 0.331. The Hall–Kier alpha value is -4.40. The third-order valence-electron chi connectivity index (χ3n) is 7.22. The number of nitrogens with one attached hydrogen (secondary N) is 3. The molecule has 0 unspecified atom stereocenters. The van der Waals surface area contributed by atoms with Crippen LogP contribution in [-0.2, 0) is 11.3 Å². The molecule has 0 radical (unpaired) electrons. The summed E-state index contributed by atoms with van der Waals surface area (Å²) in [5.74, 6) is -0.550. The summed E-state index contributed by atoms with van der Waals surface area (Å²) >= 11 is 0. The highest BCUT2D eigenvalue weighted by molar-refractivity contribution is 6.09. The zero-order valence-electron chi connectivity index (χ0n) is 21.0. The molecule has 9 heteroatoms. The van der Waals surface area contributed by atoms with Gasteiger partial charge in [0.1, 0.15) is 11.5 Å². The molecule has 3 amide bonds. The molecule has 1 fully saturated rings. The van der Waals surface area contributed by atoms with E-state index in [1.54, 1.807) is 36.4 Å². The average molecular weight is 516 g/mol. The first kappa shape index (κ1) is 25.3. The summed E-state index contributed by atoms with van der Waals surface area (Å²) in [5, 5.41) is 8.75. The summed E-state index contributed by atoms with van der Waals surface area (Å²) in [6.07, 6.45) is 3.86. The second-order valence-electron chi connectivity index (χ2n) is 9.78. The fourth-order valence-corrected chi connectivity index (χ4v) is 5.06. The molecule has 0 atom stereocenters. The molecule has 1 aromatic heterocycles. The van der Waals surface area contributed by atoms with Crippen molar-refractivity contribution in [2.24, 2.45) is 5.73 Å². The van der Waals surface area contributed by atoms with Crippen molar-refractivity contribution in [3.8, 4) is 22.4 Å². The molecule has 1 aliphatic carbocycles. The molecule has 0 saturated heterocycles. The Morgan fingerprint density at radius 3 is 2.34 bits per heavy atom. The molecule has 0 spiro atoms. The van der Waals surface area contributed by atoms with E-state index in [1.165, 1.54) is 6.08 Å². The fourth-order valence-electron chi connectivity index (χ4n) is 5.06. The van der Waals surface area contributed by atoms with Crippen molar-refractivity contribution >= 4 is 29.2 Å². The Labute approximate surface area is 220 Å². The van der Waals surface area contributed by atoms with E-state index in [0.717, 1.165) is 29.7 Å². The third-order valence-corrected chi connectivity index (χ3v) is 7.22. The number of rotatable bonds is 8. The average Bonchev–Trinajstić information content (AvgIpc) is 3.26. The first-order chi connectivity index (χ1) is 18.3. The minimum absolute atomic E-state index is 0.00465. The molecular weight excluding hydrogens is 485 g/mol. The second-order valence-corrected chi connectivity index (χ2v) is 9.78. The van der Waals surface area contributed by atoms with Gasteiger partial charge in [-0.15, -0.1) is 0 Å². The Bertz CT molecular complexity index is 1410. The van der Waals surface area contributed by atoms with E-state index in [9.17, 15) is 18.8 Å². The normalized spacial score (nSPS) is 15.4. The standard InChI is InChI=1S/C29H30FN5O3/c1-2-22(36)34-21-11-9-19(10-12-21)25-23(24(26(31)37)27-32-15-4-16-35(25)27)18-5-7-20(8-6-18)28(38)33-17-29(30)13-3-14-29/h2,5-12,32H,1,3-4,13-17H2,(H2,31,37)(H,33,38)(H,34,36). The van der Waals surface area contributed by atoms with Crippen LogP contribution >= 0.6 is 0 Å². The second kappa shape index (κ2) is 10.2. The molecule has 1 saturated carbocycles. The van der Waals surface area contributed by atoms with Crippen molar-refractivity contribution in [2.75, 3.05) is 23.7 Å². The molecule has 0 bridgehead atoms. The number of alkyl halides is 1. The summed E-state index contributed by atoms with van der Waals surface area (Å²) in [4.78, 5) is 37.0. The lowest BCUT2D eigenvalue weighted by atomic mass is 9.82. The Kier molecular flexibility index (Phi) is 6.75. The van der Waals surface area contributed by atoms with Crippen LogP contribution in [0.25, 0.3) is 22.4 Å². The summed E-state index contributed by atoms with van der Waals surface area (Å²) < 4.78 is 16.4. The predicted octanol–water partition coefficient (Wildman–Crippen LogP) is 4.48. The Balaban J connectivity index is 1.52. The van der Waals surface area contributed by atoms with Crippen molar-refractivity contribution in [3.63, 3.8) is 0 Å². The lowest BCUT2D eigenvalue weighted by molar-refractivity contribution is -0.111. The smallest absolute Gasteiger partial charge is 0.253 e. The van der Waals surface area contributed by atoms with E-state index in [-0.39, 0.29) is 18.4 Å². The number of carbonyl (C=O) groups excluding carboxylic acids is 3. The van der Waals surface area contributed by atoms with Crippen molar-refractivity contribution in [1.29, 1.82) is 0 Å². The Morgan fingerprint density at radius 1 is 1.05 bits per heavy atom. The predicted molar refractivity (Wildman–Crippen MR) is 146 cm³/mol. The SMILES string of the molecule is C=CC(=O)Nc1ccc(-c2c(-c3ccc(C(=O)NCC4(F)CCC4)cc3)c(C(N)=O)c3n2CCCN3)cc1. The number of benzene rings is 2. The molecule has 2 aliphatic rings. The number of fused-ring (bicyclic) bond motifs is 1. The van der Waals surface area contributed by atoms with Crippen molar-refractivity contribution in [3.05, 3.63) is 72.3 Å². The summed E-state index contributed by atoms with van der Waals surface area (Å²) in [5.41, 5.74) is 9.02. The van der Waals surface area contributed by atoms with Crippen LogP contribution in [0.4, 0.5) is 15.9 Å². The molecule has 196 valence electrons. The maximum absolute atomic E-state index is 14.3. The first-order valence-electron chi connectivity index (χ1n) is 12.7. The minimum Gasteiger partial charge on any atom is -0.371 e. The molecule has 2 aromatic carbocycles. The van der Waals surface area contributed by atoms with Crippen LogP contribution < -0.4 is 21.7 Å². The van der Waals surface area contributed by atoms with Crippen LogP contribution in [-0.4, -0.2) is 41.0 Å². The number of nitrogens with zero attached hydrogens (tertiary/aromatic N) is 1.